The minimum atomic E-state index is -0.273. The van der Waals surface area contributed by atoms with Crippen molar-refractivity contribution in [1.29, 1.82) is 0 Å². The van der Waals surface area contributed by atoms with Crippen LogP contribution in [0, 0.1) is 0 Å². The van der Waals surface area contributed by atoms with Gasteiger partial charge in [0.15, 0.2) is 0 Å². The number of benzene rings is 1. The van der Waals surface area contributed by atoms with Crippen molar-refractivity contribution in [3.8, 4) is 0 Å². The van der Waals surface area contributed by atoms with E-state index in [2.05, 4.69) is 40.1 Å². The maximum Gasteiger partial charge on any atom is 0.251 e. The normalized spacial score (nSPS) is 28.3. The zero-order chi connectivity index (χ0) is 15.9. The van der Waals surface area contributed by atoms with Gasteiger partial charge in [-0.05, 0) is 38.2 Å². The molecule has 0 N–H and O–H groups in total. The highest BCUT2D eigenvalue weighted by atomic mass is 16.5. The first-order valence-electron chi connectivity index (χ1n) is 8.90. The Morgan fingerprint density at radius 1 is 1.17 bits per heavy atom. The summed E-state index contributed by atoms with van der Waals surface area (Å²) in [6, 6.07) is 11.1. The van der Waals surface area contributed by atoms with E-state index in [1.165, 1.54) is 18.4 Å². The Morgan fingerprint density at radius 3 is 2.52 bits per heavy atom. The lowest BCUT2D eigenvalue weighted by molar-refractivity contribution is -0.191. The number of amides is 1. The van der Waals surface area contributed by atoms with Crippen LogP contribution in [0.3, 0.4) is 0 Å². The molecule has 4 rings (SSSR count). The van der Waals surface area contributed by atoms with Crippen LogP contribution >= 0.6 is 0 Å². The van der Waals surface area contributed by atoms with Gasteiger partial charge >= 0.3 is 0 Å². The van der Waals surface area contributed by atoms with Gasteiger partial charge in [-0.3, -0.25) is 9.69 Å². The second-order valence-electron chi connectivity index (χ2n) is 7.40. The summed E-state index contributed by atoms with van der Waals surface area (Å²) < 4.78 is 6.22. The van der Waals surface area contributed by atoms with Gasteiger partial charge in [0.2, 0.25) is 0 Å². The first kappa shape index (κ1) is 15.2. The standard InChI is InChI=1S/C19H26N2O2/c1-15-18(22)21(17-7-8-17)14-19(23-15)9-11-20(12-10-19)13-16-5-3-2-4-6-16/h2-6,15,17H,7-14H2,1H3/t15-/m0/s1. The molecule has 1 spiro atoms. The highest BCUT2D eigenvalue weighted by Gasteiger charge is 2.48. The molecule has 1 aromatic rings. The molecular weight excluding hydrogens is 288 g/mol. The minimum Gasteiger partial charge on any atom is -0.360 e. The molecule has 0 bridgehead atoms. The molecule has 1 aliphatic carbocycles. The van der Waals surface area contributed by atoms with Gasteiger partial charge in [-0.15, -0.1) is 0 Å². The molecule has 4 nitrogen and oxygen atoms in total. The van der Waals surface area contributed by atoms with Gasteiger partial charge < -0.3 is 9.64 Å². The van der Waals surface area contributed by atoms with Crippen molar-refractivity contribution in [2.24, 2.45) is 0 Å². The predicted molar refractivity (Wildman–Crippen MR) is 89.0 cm³/mol. The van der Waals surface area contributed by atoms with E-state index in [-0.39, 0.29) is 17.6 Å². The number of hydrogen-bond donors (Lipinski definition) is 0. The SMILES string of the molecule is C[C@@H]1OC2(CCN(Cc3ccccc3)CC2)CN(C2CC2)C1=O. The summed E-state index contributed by atoms with van der Waals surface area (Å²) in [5, 5.41) is 0. The van der Waals surface area contributed by atoms with Crippen molar-refractivity contribution in [1.82, 2.24) is 9.80 Å². The van der Waals surface area contributed by atoms with Crippen LogP contribution in [0.2, 0.25) is 0 Å². The molecular formula is C19H26N2O2. The first-order valence-corrected chi connectivity index (χ1v) is 8.90. The third-order valence-electron chi connectivity index (χ3n) is 5.52. The van der Waals surface area contributed by atoms with E-state index in [9.17, 15) is 4.79 Å². The molecule has 3 fully saturated rings. The number of nitrogens with zero attached hydrogens (tertiary/aromatic N) is 2. The van der Waals surface area contributed by atoms with Crippen LogP contribution in [0.4, 0.5) is 0 Å². The molecule has 1 aromatic carbocycles. The summed E-state index contributed by atoms with van der Waals surface area (Å²) in [6.07, 6.45) is 4.13. The van der Waals surface area contributed by atoms with Crippen molar-refractivity contribution in [2.75, 3.05) is 19.6 Å². The maximum atomic E-state index is 12.3. The van der Waals surface area contributed by atoms with Crippen molar-refractivity contribution in [3.63, 3.8) is 0 Å². The van der Waals surface area contributed by atoms with Gasteiger partial charge in [0.05, 0.1) is 12.1 Å². The van der Waals surface area contributed by atoms with E-state index in [4.69, 9.17) is 4.74 Å². The highest BCUT2D eigenvalue weighted by molar-refractivity contribution is 5.82. The van der Waals surface area contributed by atoms with Crippen molar-refractivity contribution in [3.05, 3.63) is 35.9 Å². The molecule has 4 heteroatoms. The van der Waals surface area contributed by atoms with Gasteiger partial charge in [-0.2, -0.15) is 0 Å². The predicted octanol–water partition coefficient (Wildman–Crippen LogP) is 2.43. The monoisotopic (exact) mass is 314 g/mol. The fourth-order valence-corrected chi connectivity index (χ4v) is 4.02. The van der Waals surface area contributed by atoms with Crippen LogP contribution in [-0.2, 0) is 16.1 Å². The quantitative estimate of drug-likeness (QED) is 0.859. The average Bonchev–Trinajstić information content (AvgIpc) is 3.39. The zero-order valence-electron chi connectivity index (χ0n) is 13.9. The lowest BCUT2D eigenvalue weighted by atomic mass is 9.88. The summed E-state index contributed by atoms with van der Waals surface area (Å²) in [6.45, 7) is 5.84. The topological polar surface area (TPSA) is 32.8 Å². The second kappa shape index (κ2) is 5.91. The van der Waals surface area contributed by atoms with Gasteiger partial charge in [-0.25, -0.2) is 0 Å². The summed E-state index contributed by atoms with van der Waals surface area (Å²) in [5.41, 5.74) is 1.26. The van der Waals surface area contributed by atoms with Gasteiger partial charge in [0, 0.05) is 25.7 Å². The number of hydrogen-bond acceptors (Lipinski definition) is 3. The molecule has 0 aromatic heterocycles. The van der Waals surface area contributed by atoms with Crippen LogP contribution in [-0.4, -0.2) is 53.1 Å². The highest BCUT2D eigenvalue weighted by Crippen LogP contribution is 2.38. The molecule has 0 unspecified atom stereocenters. The molecule has 2 aliphatic heterocycles. The van der Waals surface area contributed by atoms with Crippen LogP contribution < -0.4 is 0 Å². The Bertz CT molecular complexity index is 562. The Hall–Kier alpha value is -1.39. The zero-order valence-corrected chi connectivity index (χ0v) is 13.9. The van der Waals surface area contributed by atoms with Crippen molar-refractivity contribution >= 4 is 5.91 Å². The number of carbonyl (C=O) groups excluding carboxylic acids is 1. The number of likely N-dealkylation sites (tertiary alicyclic amines) is 1. The van der Waals surface area contributed by atoms with Gasteiger partial charge in [0.25, 0.3) is 5.91 Å². The molecule has 1 amide bonds. The van der Waals surface area contributed by atoms with E-state index >= 15 is 0 Å². The van der Waals surface area contributed by atoms with Crippen LogP contribution in [0.15, 0.2) is 30.3 Å². The number of ether oxygens (including phenoxy) is 1. The van der Waals surface area contributed by atoms with Gasteiger partial charge in [0.1, 0.15) is 6.10 Å². The summed E-state index contributed by atoms with van der Waals surface area (Å²) in [5.74, 6) is 0.199. The van der Waals surface area contributed by atoms with Crippen molar-refractivity contribution < 1.29 is 9.53 Å². The third-order valence-corrected chi connectivity index (χ3v) is 5.52. The third kappa shape index (κ3) is 3.15. The summed E-state index contributed by atoms with van der Waals surface area (Å²) in [4.78, 5) is 16.9. The Balaban J connectivity index is 1.39. The molecule has 1 atom stereocenters. The molecule has 1 saturated carbocycles. The van der Waals surface area contributed by atoms with Gasteiger partial charge in [-0.1, -0.05) is 30.3 Å². The Kier molecular flexibility index (Phi) is 3.90. The maximum absolute atomic E-state index is 12.3. The molecule has 23 heavy (non-hydrogen) atoms. The van der Waals surface area contributed by atoms with E-state index < -0.39 is 0 Å². The molecule has 2 saturated heterocycles. The largest absolute Gasteiger partial charge is 0.360 e. The lowest BCUT2D eigenvalue weighted by Crippen LogP contribution is -2.61. The van der Waals surface area contributed by atoms with Crippen LogP contribution in [0.5, 0.6) is 0 Å². The van der Waals surface area contributed by atoms with Crippen LogP contribution in [0.25, 0.3) is 0 Å². The summed E-state index contributed by atoms with van der Waals surface area (Å²) in [7, 11) is 0. The van der Waals surface area contributed by atoms with E-state index in [1.807, 2.05) is 6.92 Å². The Labute approximate surface area is 138 Å². The minimum absolute atomic E-state index is 0.108. The summed E-state index contributed by atoms with van der Waals surface area (Å²) >= 11 is 0. The average molecular weight is 314 g/mol. The second-order valence-corrected chi connectivity index (χ2v) is 7.40. The fourth-order valence-electron chi connectivity index (χ4n) is 4.02. The first-order chi connectivity index (χ1) is 11.2. The number of carbonyl (C=O) groups is 1. The number of rotatable bonds is 3. The molecule has 0 radical (unpaired) electrons. The number of piperidine rings is 1. The van der Waals surface area contributed by atoms with Crippen molar-refractivity contribution in [2.45, 2.75) is 56.9 Å². The van der Waals surface area contributed by atoms with E-state index in [0.717, 1.165) is 39.0 Å². The Morgan fingerprint density at radius 2 is 1.87 bits per heavy atom. The lowest BCUT2D eigenvalue weighted by Gasteiger charge is -2.49. The van der Waals surface area contributed by atoms with E-state index in [1.54, 1.807) is 0 Å². The molecule has 124 valence electrons. The smallest absolute Gasteiger partial charge is 0.251 e. The van der Waals surface area contributed by atoms with E-state index in [0.29, 0.717) is 6.04 Å². The fraction of sp³-hybridized carbons (Fsp3) is 0.632. The van der Waals surface area contributed by atoms with Crippen LogP contribution in [0.1, 0.15) is 38.2 Å². The molecule has 2 heterocycles. The molecule has 3 aliphatic rings. The number of morpholine rings is 1.